The minimum Gasteiger partial charge on any atom is -0.461 e. The van der Waals surface area contributed by atoms with Gasteiger partial charge in [0.05, 0.1) is 22.5 Å². The lowest BCUT2D eigenvalue weighted by Gasteiger charge is -2.73. The Morgan fingerprint density at radius 3 is 2.38 bits per heavy atom. The van der Waals surface area contributed by atoms with Crippen molar-refractivity contribution in [1.29, 1.82) is 0 Å². The number of ether oxygens (including phenoxy) is 2. The molecule has 4 aliphatic carbocycles. The molecule has 5 rings (SSSR count). The molecule has 0 spiro atoms. The first-order valence-corrected chi connectivity index (χ1v) is 14.2. The number of esters is 2. The number of benzene rings is 1. The number of rotatable bonds is 6. The molecular formula is C31H44O6. The van der Waals surface area contributed by atoms with Crippen LogP contribution in [-0.4, -0.2) is 46.6 Å². The van der Waals surface area contributed by atoms with Crippen molar-refractivity contribution in [3.8, 4) is 0 Å². The zero-order valence-corrected chi connectivity index (χ0v) is 23.1. The average Bonchev–Trinajstić information content (AvgIpc) is 3.35. The normalized spacial score (nSPS) is 44.1. The van der Waals surface area contributed by atoms with E-state index < -0.39 is 34.6 Å². The lowest BCUT2D eigenvalue weighted by molar-refractivity contribution is -0.357. The van der Waals surface area contributed by atoms with Crippen LogP contribution in [0.25, 0.3) is 0 Å². The summed E-state index contributed by atoms with van der Waals surface area (Å²) in [7, 11) is 0. The Balaban J connectivity index is 1.61. The van der Waals surface area contributed by atoms with Crippen molar-refractivity contribution in [2.24, 2.45) is 52.3 Å². The summed E-state index contributed by atoms with van der Waals surface area (Å²) in [5, 5.41) is 25.2. The Morgan fingerprint density at radius 1 is 1.08 bits per heavy atom. The summed E-state index contributed by atoms with van der Waals surface area (Å²) in [5.74, 6) is -0.162. The maximum absolute atomic E-state index is 13.1. The number of aliphatic hydroxyl groups excluding tert-OH is 1. The van der Waals surface area contributed by atoms with Gasteiger partial charge in [-0.1, -0.05) is 66.2 Å². The molecule has 0 bridgehead atoms. The zero-order chi connectivity index (χ0) is 26.9. The van der Waals surface area contributed by atoms with E-state index in [0.29, 0.717) is 29.7 Å². The van der Waals surface area contributed by atoms with Gasteiger partial charge in [0.15, 0.2) is 0 Å². The van der Waals surface area contributed by atoms with Crippen LogP contribution in [0.15, 0.2) is 30.3 Å². The van der Waals surface area contributed by atoms with Crippen molar-refractivity contribution in [2.45, 2.75) is 85.0 Å². The molecular weight excluding hydrogens is 468 g/mol. The highest BCUT2D eigenvalue weighted by Gasteiger charge is 2.83. The summed E-state index contributed by atoms with van der Waals surface area (Å²) in [4.78, 5) is 26.1. The minimum atomic E-state index is -1.21. The van der Waals surface area contributed by atoms with Crippen molar-refractivity contribution in [2.75, 3.05) is 6.61 Å². The topological polar surface area (TPSA) is 93.1 Å². The lowest BCUT2D eigenvalue weighted by Crippen LogP contribution is -2.81. The van der Waals surface area contributed by atoms with Gasteiger partial charge in [-0.05, 0) is 61.0 Å². The predicted molar refractivity (Wildman–Crippen MR) is 139 cm³/mol. The highest BCUT2D eigenvalue weighted by Crippen LogP contribution is 2.78. The summed E-state index contributed by atoms with van der Waals surface area (Å²) >= 11 is 0. The van der Waals surface area contributed by atoms with E-state index in [9.17, 15) is 19.8 Å². The molecule has 4 fully saturated rings. The van der Waals surface area contributed by atoms with Gasteiger partial charge in [-0.2, -0.15) is 0 Å². The fourth-order valence-electron chi connectivity index (χ4n) is 9.52. The predicted octanol–water partition coefficient (Wildman–Crippen LogP) is 4.87. The van der Waals surface area contributed by atoms with E-state index in [2.05, 4.69) is 27.7 Å². The molecule has 0 amide bonds. The number of hydrogen-bond donors (Lipinski definition) is 2. The van der Waals surface area contributed by atoms with Crippen molar-refractivity contribution < 1.29 is 29.3 Å². The van der Waals surface area contributed by atoms with E-state index in [-0.39, 0.29) is 36.2 Å². The summed E-state index contributed by atoms with van der Waals surface area (Å²) in [6, 6.07) is 8.83. The van der Waals surface area contributed by atoms with Crippen LogP contribution in [0, 0.1) is 52.3 Å². The molecule has 10 atom stereocenters. The quantitative estimate of drug-likeness (QED) is 0.529. The van der Waals surface area contributed by atoms with E-state index >= 15 is 0 Å². The molecule has 0 saturated heterocycles. The molecule has 0 heterocycles. The second-order valence-corrected chi connectivity index (χ2v) is 13.3. The Bertz CT molecular complexity index is 1040. The lowest BCUT2D eigenvalue weighted by atomic mass is 9.33. The van der Waals surface area contributed by atoms with E-state index in [1.807, 2.05) is 6.07 Å². The van der Waals surface area contributed by atoms with Gasteiger partial charge in [-0.25, -0.2) is 4.79 Å². The van der Waals surface area contributed by atoms with E-state index in [1.165, 1.54) is 0 Å². The van der Waals surface area contributed by atoms with Crippen molar-refractivity contribution in [3.63, 3.8) is 0 Å². The van der Waals surface area contributed by atoms with Gasteiger partial charge in [-0.15, -0.1) is 0 Å². The molecule has 6 nitrogen and oxygen atoms in total. The van der Waals surface area contributed by atoms with Gasteiger partial charge >= 0.3 is 11.9 Å². The minimum absolute atomic E-state index is 0.0864. The third kappa shape index (κ3) is 3.50. The zero-order valence-electron chi connectivity index (χ0n) is 23.1. The Kier molecular flexibility index (Phi) is 6.55. The fourth-order valence-corrected chi connectivity index (χ4v) is 9.52. The van der Waals surface area contributed by atoms with Crippen LogP contribution in [-0.2, 0) is 14.3 Å². The molecule has 0 radical (unpaired) electrons. The molecule has 1 aromatic carbocycles. The standard InChI is InChI=1S/C31H44O6/c1-17(2)21-14-15-31(35)24-23-19(5)12-13-22(23)29(24,6)26(37-27(33)18(3)4)25(32)30(21,31)16-36-28(34)20-10-8-7-9-11-20/h7-11,17-19,21-26,32,35H,12-16H2,1-6H3. The molecule has 1 aromatic rings. The number of aliphatic hydroxyl groups is 2. The number of carbonyl (C=O) groups excluding carboxylic acids is 2. The first-order chi connectivity index (χ1) is 17.4. The maximum atomic E-state index is 13.1. The van der Waals surface area contributed by atoms with Gasteiger partial charge in [0, 0.05) is 11.3 Å². The van der Waals surface area contributed by atoms with Gasteiger partial charge < -0.3 is 19.7 Å². The third-order valence-corrected chi connectivity index (χ3v) is 11.1. The van der Waals surface area contributed by atoms with Crippen molar-refractivity contribution in [1.82, 2.24) is 0 Å². The second kappa shape index (κ2) is 9.08. The SMILES string of the molecule is CC(C)C(=O)OC1C(O)C2(COC(=O)c3ccccc3)C(C(C)C)CCC2(O)C2C3C(C)CCC3C12C. The number of fused-ring (bicyclic) bond motifs is 6. The largest absolute Gasteiger partial charge is 0.461 e. The summed E-state index contributed by atoms with van der Waals surface area (Å²) < 4.78 is 12.2. The van der Waals surface area contributed by atoms with Crippen molar-refractivity contribution >= 4 is 11.9 Å². The van der Waals surface area contributed by atoms with Crippen LogP contribution in [0.1, 0.15) is 77.6 Å². The maximum Gasteiger partial charge on any atom is 0.338 e. The number of hydrogen-bond acceptors (Lipinski definition) is 6. The van der Waals surface area contributed by atoms with E-state index in [1.54, 1.807) is 38.1 Å². The second-order valence-electron chi connectivity index (χ2n) is 13.3. The molecule has 10 unspecified atom stereocenters. The van der Waals surface area contributed by atoms with Crippen LogP contribution in [0.5, 0.6) is 0 Å². The van der Waals surface area contributed by atoms with Crippen LogP contribution in [0.3, 0.4) is 0 Å². The summed E-state index contributed by atoms with van der Waals surface area (Å²) in [6.07, 6.45) is 1.47. The first kappa shape index (κ1) is 26.7. The summed E-state index contributed by atoms with van der Waals surface area (Å²) in [5.41, 5.74) is -2.42. The molecule has 204 valence electrons. The van der Waals surface area contributed by atoms with Gasteiger partial charge in [-0.3, -0.25) is 4.79 Å². The van der Waals surface area contributed by atoms with Crippen LogP contribution in [0.4, 0.5) is 0 Å². The molecule has 0 aromatic heterocycles. The highest BCUT2D eigenvalue weighted by molar-refractivity contribution is 5.89. The Morgan fingerprint density at radius 2 is 1.76 bits per heavy atom. The Labute approximate surface area is 221 Å². The first-order valence-electron chi connectivity index (χ1n) is 14.2. The molecule has 2 N–H and O–H groups in total. The fraction of sp³-hybridized carbons (Fsp3) is 0.742. The molecule has 0 aliphatic heterocycles. The molecule has 4 aliphatic rings. The summed E-state index contributed by atoms with van der Waals surface area (Å²) in [6.45, 7) is 12.1. The average molecular weight is 513 g/mol. The molecule has 6 heteroatoms. The van der Waals surface area contributed by atoms with Crippen molar-refractivity contribution in [3.05, 3.63) is 35.9 Å². The third-order valence-electron chi connectivity index (χ3n) is 11.1. The number of carbonyl (C=O) groups is 2. The monoisotopic (exact) mass is 512 g/mol. The highest BCUT2D eigenvalue weighted by atomic mass is 16.6. The van der Waals surface area contributed by atoms with E-state index in [0.717, 1.165) is 19.3 Å². The van der Waals surface area contributed by atoms with Gasteiger partial charge in [0.25, 0.3) is 0 Å². The van der Waals surface area contributed by atoms with Gasteiger partial charge in [0.2, 0.25) is 0 Å². The molecule has 4 saturated carbocycles. The van der Waals surface area contributed by atoms with Gasteiger partial charge in [0.1, 0.15) is 18.8 Å². The smallest absolute Gasteiger partial charge is 0.338 e. The van der Waals surface area contributed by atoms with Crippen LogP contribution >= 0.6 is 0 Å². The van der Waals surface area contributed by atoms with Crippen LogP contribution < -0.4 is 0 Å². The van der Waals surface area contributed by atoms with Crippen LogP contribution in [0.2, 0.25) is 0 Å². The van der Waals surface area contributed by atoms with E-state index in [4.69, 9.17) is 9.47 Å². The molecule has 37 heavy (non-hydrogen) atoms. The Hall–Kier alpha value is -1.92.